The van der Waals surface area contributed by atoms with Gasteiger partial charge in [0.1, 0.15) is 11.7 Å². The molecule has 6 nitrogen and oxygen atoms in total. The predicted molar refractivity (Wildman–Crippen MR) is 101 cm³/mol. The van der Waals surface area contributed by atoms with Gasteiger partial charge in [0, 0.05) is 48.2 Å². The summed E-state index contributed by atoms with van der Waals surface area (Å²) in [5.74, 6) is 0.627. The zero-order valence-corrected chi connectivity index (χ0v) is 15.6. The van der Waals surface area contributed by atoms with E-state index in [1.165, 1.54) is 0 Å². The van der Waals surface area contributed by atoms with E-state index in [4.69, 9.17) is 4.74 Å². The third-order valence-corrected chi connectivity index (χ3v) is 4.23. The fraction of sp³-hybridized carbons (Fsp3) is 0.350. The van der Waals surface area contributed by atoms with Crippen LogP contribution in [0.2, 0.25) is 0 Å². The van der Waals surface area contributed by atoms with E-state index in [1.807, 2.05) is 30.6 Å². The maximum atomic E-state index is 9.46. The first kappa shape index (κ1) is 17.9. The molecular weight excluding hydrogens is 326 g/mol. The summed E-state index contributed by atoms with van der Waals surface area (Å²) < 4.78 is 7.32. The van der Waals surface area contributed by atoms with Gasteiger partial charge in [-0.2, -0.15) is 5.26 Å². The molecule has 3 rings (SSSR count). The quantitative estimate of drug-likeness (QED) is 0.764. The summed E-state index contributed by atoms with van der Waals surface area (Å²) in [5.41, 5.74) is 3.39. The number of fused-ring (bicyclic) bond motifs is 1. The Balaban J connectivity index is 1.80. The van der Waals surface area contributed by atoms with Gasteiger partial charge in [-0.25, -0.2) is 9.97 Å². The summed E-state index contributed by atoms with van der Waals surface area (Å²) in [5, 5.41) is 13.7. The lowest BCUT2D eigenvalue weighted by Crippen LogP contribution is -2.21. The van der Waals surface area contributed by atoms with Crippen LogP contribution in [0.5, 0.6) is 5.88 Å². The topological polar surface area (TPSA) is 75.8 Å². The van der Waals surface area contributed by atoms with E-state index in [2.05, 4.69) is 46.7 Å². The highest BCUT2D eigenvalue weighted by Crippen LogP contribution is 2.26. The molecule has 0 aromatic carbocycles. The standard InChI is InChI=1S/C20H23N5O/c1-20(2,3)25-13-16(9-21)17-8-14(11-24-18(17)25)10-22-12-15-6-5-7-23-19(15)26-4/h5-8,11,13,22H,10,12H2,1-4H3. The second kappa shape index (κ2) is 7.14. The molecule has 0 unspecified atom stereocenters. The van der Waals surface area contributed by atoms with Crippen LogP contribution in [-0.4, -0.2) is 21.6 Å². The first-order chi connectivity index (χ1) is 12.4. The Morgan fingerprint density at radius 3 is 2.77 bits per heavy atom. The second-order valence-electron chi connectivity index (χ2n) is 7.19. The Hall–Kier alpha value is -2.91. The molecule has 0 bridgehead atoms. The maximum Gasteiger partial charge on any atom is 0.217 e. The molecule has 0 atom stereocenters. The average molecular weight is 349 g/mol. The van der Waals surface area contributed by atoms with Crippen LogP contribution >= 0.6 is 0 Å². The van der Waals surface area contributed by atoms with Crippen molar-refractivity contribution in [2.75, 3.05) is 7.11 Å². The van der Waals surface area contributed by atoms with E-state index in [-0.39, 0.29) is 5.54 Å². The van der Waals surface area contributed by atoms with Crippen LogP contribution in [-0.2, 0) is 18.6 Å². The van der Waals surface area contributed by atoms with Crippen LogP contribution in [0, 0.1) is 11.3 Å². The Morgan fingerprint density at radius 2 is 2.08 bits per heavy atom. The van der Waals surface area contributed by atoms with Crippen molar-refractivity contribution in [2.45, 2.75) is 39.4 Å². The van der Waals surface area contributed by atoms with Gasteiger partial charge in [-0.3, -0.25) is 0 Å². The highest BCUT2D eigenvalue weighted by molar-refractivity contribution is 5.84. The molecule has 0 aliphatic heterocycles. The lowest BCUT2D eigenvalue weighted by molar-refractivity contribution is 0.390. The van der Waals surface area contributed by atoms with E-state index >= 15 is 0 Å². The van der Waals surface area contributed by atoms with Gasteiger partial charge in [-0.1, -0.05) is 6.07 Å². The number of hydrogen-bond acceptors (Lipinski definition) is 5. The summed E-state index contributed by atoms with van der Waals surface area (Å²) >= 11 is 0. The fourth-order valence-corrected chi connectivity index (χ4v) is 2.93. The van der Waals surface area contributed by atoms with Gasteiger partial charge < -0.3 is 14.6 Å². The Labute approximate surface area is 153 Å². The van der Waals surface area contributed by atoms with Crippen molar-refractivity contribution in [1.82, 2.24) is 19.9 Å². The Morgan fingerprint density at radius 1 is 1.27 bits per heavy atom. The molecule has 26 heavy (non-hydrogen) atoms. The van der Waals surface area contributed by atoms with Crippen molar-refractivity contribution in [3.8, 4) is 11.9 Å². The van der Waals surface area contributed by atoms with E-state index < -0.39 is 0 Å². The minimum Gasteiger partial charge on any atom is -0.481 e. The van der Waals surface area contributed by atoms with Crippen molar-refractivity contribution >= 4 is 11.0 Å². The number of aromatic nitrogens is 3. The molecular formula is C20H23N5O. The third kappa shape index (κ3) is 3.53. The summed E-state index contributed by atoms with van der Waals surface area (Å²) in [6, 6.07) is 8.19. The molecule has 0 saturated heterocycles. The minimum atomic E-state index is -0.128. The molecule has 0 fully saturated rings. The largest absolute Gasteiger partial charge is 0.481 e. The van der Waals surface area contributed by atoms with Crippen LogP contribution in [0.1, 0.15) is 37.5 Å². The van der Waals surface area contributed by atoms with Crippen molar-refractivity contribution in [1.29, 1.82) is 5.26 Å². The lowest BCUT2D eigenvalue weighted by atomic mass is 10.1. The number of rotatable bonds is 5. The summed E-state index contributed by atoms with van der Waals surface area (Å²) in [6.45, 7) is 7.60. The molecule has 0 saturated carbocycles. The van der Waals surface area contributed by atoms with Crippen LogP contribution in [0.4, 0.5) is 0 Å². The SMILES string of the molecule is COc1ncccc1CNCc1cnc2c(c1)c(C#N)cn2C(C)(C)C. The van der Waals surface area contributed by atoms with Crippen LogP contribution in [0.15, 0.2) is 36.8 Å². The fourth-order valence-electron chi connectivity index (χ4n) is 2.93. The number of nitriles is 1. The molecule has 6 heteroatoms. The number of nitrogens with one attached hydrogen (secondary N) is 1. The molecule has 134 valence electrons. The van der Waals surface area contributed by atoms with Gasteiger partial charge in [-0.15, -0.1) is 0 Å². The number of methoxy groups -OCH3 is 1. The third-order valence-electron chi connectivity index (χ3n) is 4.23. The van der Waals surface area contributed by atoms with Crippen molar-refractivity contribution in [3.63, 3.8) is 0 Å². The first-order valence-electron chi connectivity index (χ1n) is 8.53. The first-order valence-corrected chi connectivity index (χ1v) is 8.53. The second-order valence-corrected chi connectivity index (χ2v) is 7.19. The summed E-state index contributed by atoms with van der Waals surface area (Å²) in [4.78, 5) is 8.81. The minimum absolute atomic E-state index is 0.128. The molecule has 0 aliphatic rings. The van der Waals surface area contributed by atoms with Crippen molar-refractivity contribution in [3.05, 3.63) is 53.5 Å². The van der Waals surface area contributed by atoms with Gasteiger partial charge >= 0.3 is 0 Å². The Kier molecular flexibility index (Phi) is 4.92. The molecule has 3 aromatic rings. The van der Waals surface area contributed by atoms with E-state index in [1.54, 1.807) is 13.3 Å². The number of ether oxygens (including phenoxy) is 1. The van der Waals surface area contributed by atoms with E-state index in [0.29, 0.717) is 24.5 Å². The molecule has 0 radical (unpaired) electrons. The van der Waals surface area contributed by atoms with Crippen LogP contribution < -0.4 is 10.1 Å². The van der Waals surface area contributed by atoms with Gasteiger partial charge in [0.15, 0.2) is 0 Å². The molecule has 0 spiro atoms. The van der Waals surface area contributed by atoms with Gasteiger partial charge in [0.2, 0.25) is 5.88 Å². The average Bonchev–Trinajstić information content (AvgIpc) is 3.00. The van der Waals surface area contributed by atoms with Gasteiger partial charge in [0.25, 0.3) is 0 Å². The van der Waals surface area contributed by atoms with Gasteiger partial charge in [-0.05, 0) is 38.5 Å². The number of hydrogen-bond donors (Lipinski definition) is 1. The van der Waals surface area contributed by atoms with E-state index in [9.17, 15) is 5.26 Å². The van der Waals surface area contributed by atoms with Crippen molar-refractivity contribution < 1.29 is 4.74 Å². The smallest absolute Gasteiger partial charge is 0.217 e. The summed E-state index contributed by atoms with van der Waals surface area (Å²) in [7, 11) is 1.62. The Bertz CT molecular complexity index is 962. The maximum absolute atomic E-state index is 9.46. The zero-order chi connectivity index (χ0) is 18.7. The molecule has 1 N–H and O–H groups in total. The highest BCUT2D eigenvalue weighted by Gasteiger charge is 2.19. The normalized spacial score (nSPS) is 11.5. The zero-order valence-electron chi connectivity index (χ0n) is 15.6. The highest BCUT2D eigenvalue weighted by atomic mass is 16.5. The molecule has 0 aliphatic carbocycles. The van der Waals surface area contributed by atoms with Crippen molar-refractivity contribution in [2.24, 2.45) is 0 Å². The van der Waals surface area contributed by atoms with Gasteiger partial charge in [0.05, 0.1) is 12.7 Å². The summed E-state index contributed by atoms with van der Waals surface area (Å²) in [6.07, 6.45) is 5.46. The molecule has 3 heterocycles. The lowest BCUT2D eigenvalue weighted by Gasteiger charge is -2.21. The molecule has 0 amide bonds. The predicted octanol–water partition coefficient (Wildman–Crippen LogP) is 3.36. The number of nitrogens with zero attached hydrogens (tertiary/aromatic N) is 4. The van der Waals surface area contributed by atoms with Crippen LogP contribution in [0.3, 0.4) is 0 Å². The molecule has 3 aromatic heterocycles. The van der Waals surface area contributed by atoms with E-state index in [0.717, 1.165) is 22.2 Å². The van der Waals surface area contributed by atoms with Crippen LogP contribution in [0.25, 0.3) is 11.0 Å². The number of pyridine rings is 2. The monoisotopic (exact) mass is 349 g/mol.